The highest BCUT2D eigenvalue weighted by Crippen LogP contribution is 2.21. The van der Waals surface area contributed by atoms with Crippen molar-refractivity contribution in [3.8, 4) is 0 Å². The molecular weight excluding hydrogens is 230 g/mol. The van der Waals surface area contributed by atoms with E-state index in [2.05, 4.69) is 9.97 Å². The van der Waals surface area contributed by atoms with Crippen LogP contribution in [0, 0.1) is 6.92 Å². The number of oxazole rings is 1. The van der Waals surface area contributed by atoms with Crippen molar-refractivity contribution in [1.82, 2.24) is 18.9 Å². The molecule has 1 unspecified atom stereocenters. The number of imidazole rings is 2. The molecule has 0 bridgehead atoms. The van der Waals surface area contributed by atoms with Crippen LogP contribution in [0.25, 0.3) is 5.84 Å². The van der Waals surface area contributed by atoms with Crippen LogP contribution in [0.3, 0.4) is 0 Å². The Morgan fingerprint density at radius 2 is 2.28 bits per heavy atom. The minimum absolute atomic E-state index is 0.154. The molecule has 0 saturated heterocycles. The Labute approximate surface area is 104 Å². The molecule has 0 amide bonds. The van der Waals surface area contributed by atoms with Crippen LogP contribution in [0.2, 0.25) is 0 Å². The summed E-state index contributed by atoms with van der Waals surface area (Å²) in [5.41, 5.74) is 8.14. The summed E-state index contributed by atoms with van der Waals surface area (Å²) in [7, 11) is 1.96. The molecule has 3 aromatic rings. The molecule has 94 valence electrons. The first-order chi connectivity index (χ1) is 8.66. The van der Waals surface area contributed by atoms with Gasteiger partial charge >= 0.3 is 5.84 Å². The number of rotatable bonds is 3. The minimum Gasteiger partial charge on any atom is -0.432 e. The van der Waals surface area contributed by atoms with Gasteiger partial charge in [-0.1, -0.05) is 0 Å². The summed E-state index contributed by atoms with van der Waals surface area (Å²) in [6.07, 6.45) is 7.81. The Morgan fingerprint density at radius 3 is 3.00 bits per heavy atom. The predicted molar refractivity (Wildman–Crippen MR) is 66.0 cm³/mol. The van der Waals surface area contributed by atoms with E-state index in [1.54, 1.807) is 12.5 Å². The zero-order valence-corrected chi connectivity index (χ0v) is 10.4. The number of aromatic nitrogens is 4. The Balaban J connectivity index is 1.96. The van der Waals surface area contributed by atoms with Gasteiger partial charge in [0, 0.05) is 32.1 Å². The maximum Gasteiger partial charge on any atom is 0.306 e. The molecule has 0 aliphatic heterocycles. The van der Waals surface area contributed by atoms with E-state index in [-0.39, 0.29) is 6.04 Å². The third-order valence-corrected chi connectivity index (χ3v) is 3.16. The zero-order chi connectivity index (χ0) is 12.7. The van der Waals surface area contributed by atoms with Gasteiger partial charge in [0.05, 0.1) is 17.4 Å². The average molecular weight is 245 g/mol. The van der Waals surface area contributed by atoms with E-state index < -0.39 is 0 Å². The van der Waals surface area contributed by atoms with E-state index in [0.29, 0.717) is 12.3 Å². The van der Waals surface area contributed by atoms with Crippen molar-refractivity contribution in [1.29, 1.82) is 0 Å². The molecule has 3 rings (SSSR count). The van der Waals surface area contributed by atoms with Crippen molar-refractivity contribution < 1.29 is 4.42 Å². The fourth-order valence-corrected chi connectivity index (χ4v) is 2.24. The maximum atomic E-state index is 6.27. The molecule has 6 nitrogen and oxygen atoms in total. The van der Waals surface area contributed by atoms with Gasteiger partial charge in [0.15, 0.2) is 0 Å². The van der Waals surface area contributed by atoms with Crippen molar-refractivity contribution in [3.05, 3.63) is 42.1 Å². The largest absolute Gasteiger partial charge is 0.432 e. The standard InChI is InChI=1S/C12H15N5O/c1-8-11(17-5-6-18-12(17)15-8)9(13)7-10-14-3-4-16(10)2/h3-6,9H,7,13H2,1-2H3. The number of aryl methyl sites for hydroxylation is 2. The van der Waals surface area contributed by atoms with E-state index in [1.807, 2.05) is 35.3 Å². The second-order valence-corrected chi connectivity index (χ2v) is 4.40. The molecule has 0 aliphatic rings. The maximum absolute atomic E-state index is 6.27. The second-order valence-electron chi connectivity index (χ2n) is 4.40. The van der Waals surface area contributed by atoms with Crippen LogP contribution in [0.5, 0.6) is 0 Å². The Bertz CT molecular complexity index is 678. The number of nitrogens with zero attached hydrogens (tertiary/aromatic N) is 4. The van der Waals surface area contributed by atoms with E-state index in [4.69, 9.17) is 10.2 Å². The fraction of sp³-hybridized carbons (Fsp3) is 0.333. The molecule has 0 aliphatic carbocycles. The summed E-state index contributed by atoms with van der Waals surface area (Å²) in [4.78, 5) is 8.63. The lowest BCUT2D eigenvalue weighted by Gasteiger charge is -2.11. The summed E-state index contributed by atoms with van der Waals surface area (Å²) >= 11 is 0. The highest BCUT2D eigenvalue weighted by Gasteiger charge is 2.19. The predicted octanol–water partition coefficient (Wildman–Crippen LogP) is 1.21. The summed E-state index contributed by atoms with van der Waals surface area (Å²) in [6.45, 7) is 1.94. The first kappa shape index (κ1) is 11.0. The van der Waals surface area contributed by atoms with E-state index in [1.165, 1.54) is 0 Å². The Morgan fingerprint density at radius 1 is 1.44 bits per heavy atom. The van der Waals surface area contributed by atoms with Crippen LogP contribution in [0.1, 0.15) is 23.3 Å². The smallest absolute Gasteiger partial charge is 0.306 e. The lowest BCUT2D eigenvalue weighted by Crippen LogP contribution is -2.18. The second kappa shape index (κ2) is 3.99. The topological polar surface area (TPSA) is 74.3 Å². The van der Waals surface area contributed by atoms with E-state index in [0.717, 1.165) is 17.2 Å². The normalized spacial score (nSPS) is 13.3. The molecule has 2 N–H and O–H groups in total. The molecule has 0 spiro atoms. The lowest BCUT2D eigenvalue weighted by atomic mass is 10.1. The number of hydrogen-bond donors (Lipinski definition) is 1. The Kier molecular flexibility index (Phi) is 2.45. The first-order valence-electron chi connectivity index (χ1n) is 5.80. The Hall–Kier alpha value is -2.08. The van der Waals surface area contributed by atoms with Gasteiger partial charge in [0.2, 0.25) is 0 Å². The molecule has 3 aromatic heterocycles. The van der Waals surface area contributed by atoms with Gasteiger partial charge in [-0.2, -0.15) is 4.98 Å². The van der Waals surface area contributed by atoms with Crippen molar-refractivity contribution in [3.63, 3.8) is 0 Å². The monoisotopic (exact) mass is 245 g/mol. The molecular formula is C12H15N5O. The van der Waals surface area contributed by atoms with Crippen LogP contribution in [-0.4, -0.2) is 18.9 Å². The van der Waals surface area contributed by atoms with Gasteiger partial charge in [0.1, 0.15) is 12.1 Å². The molecule has 18 heavy (non-hydrogen) atoms. The molecule has 3 heterocycles. The molecule has 1 atom stereocenters. The molecule has 0 saturated carbocycles. The summed E-state index contributed by atoms with van der Waals surface area (Å²) in [5.74, 6) is 1.54. The van der Waals surface area contributed by atoms with Gasteiger partial charge in [-0.3, -0.25) is 4.40 Å². The summed E-state index contributed by atoms with van der Waals surface area (Å²) in [6, 6.07) is -0.154. The van der Waals surface area contributed by atoms with Gasteiger partial charge in [0.25, 0.3) is 0 Å². The van der Waals surface area contributed by atoms with Gasteiger partial charge < -0.3 is 14.7 Å². The zero-order valence-electron chi connectivity index (χ0n) is 10.4. The average Bonchev–Trinajstić information content (AvgIpc) is 2.95. The van der Waals surface area contributed by atoms with Crippen molar-refractivity contribution in [2.24, 2.45) is 12.8 Å². The number of nitrogens with two attached hydrogens (primary N) is 1. The first-order valence-corrected chi connectivity index (χ1v) is 5.80. The molecule has 0 aromatic carbocycles. The minimum atomic E-state index is -0.154. The molecule has 6 heteroatoms. The van der Waals surface area contributed by atoms with Crippen LogP contribution >= 0.6 is 0 Å². The summed E-state index contributed by atoms with van der Waals surface area (Å²) in [5, 5.41) is 0. The third-order valence-electron chi connectivity index (χ3n) is 3.16. The fourth-order valence-electron chi connectivity index (χ4n) is 2.24. The van der Waals surface area contributed by atoms with Gasteiger partial charge in [-0.05, 0) is 6.92 Å². The van der Waals surface area contributed by atoms with Gasteiger partial charge in [-0.15, -0.1) is 0 Å². The highest BCUT2D eigenvalue weighted by molar-refractivity contribution is 5.34. The van der Waals surface area contributed by atoms with Crippen LogP contribution in [0.15, 0.2) is 29.3 Å². The quantitative estimate of drug-likeness (QED) is 0.752. The molecule has 0 radical (unpaired) electrons. The highest BCUT2D eigenvalue weighted by atomic mass is 16.3. The van der Waals surface area contributed by atoms with Crippen LogP contribution in [-0.2, 0) is 13.5 Å². The summed E-state index contributed by atoms with van der Waals surface area (Å²) < 4.78 is 9.13. The third kappa shape index (κ3) is 1.62. The number of fused-ring (bicyclic) bond motifs is 1. The van der Waals surface area contributed by atoms with Crippen molar-refractivity contribution >= 4 is 5.84 Å². The van der Waals surface area contributed by atoms with E-state index >= 15 is 0 Å². The number of hydrogen-bond acceptors (Lipinski definition) is 4. The van der Waals surface area contributed by atoms with Gasteiger partial charge in [-0.25, -0.2) is 4.98 Å². The van der Waals surface area contributed by atoms with Crippen LogP contribution in [0.4, 0.5) is 0 Å². The van der Waals surface area contributed by atoms with Crippen molar-refractivity contribution in [2.45, 2.75) is 19.4 Å². The molecule has 0 fully saturated rings. The lowest BCUT2D eigenvalue weighted by molar-refractivity contribution is 0.592. The van der Waals surface area contributed by atoms with Crippen molar-refractivity contribution in [2.75, 3.05) is 0 Å². The van der Waals surface area contributed by atoms with E-state index in [9.17, 15) is 0 Å². The van der Waals surface area contributed by atoms with Crippen LogP contribution < -0.4 is 5.73 Å². The SMILES string of the molecule is Cc1nc2occn2c1C(N)Cc1nccn1C.